The van der Waals surface area contributed by atoms with E-state index in [1.165, 1.54) is 34.7 Å². The van der Waals surface area contributed by atoms with Gasteiger partial charge in [-0.3, -0.25) is 0 Å². The Kier molecular flexibility index (Phi) is 5.04. The van der Waals surface area contributed by atoms with Gasteiger partial charge in [0, 0.05) is 9.99 Å². The van der Waals surface area contributed by atoms with Gasteiger partial charge in [-0.05, 0) is 34.2 Å². The molecule has 2 rings (SSSR count). The maximum atomic E-state index is 14.6. The normalized spacial score (nSPS) is 27.7. The molecule has 1 saturated carbocycles. The van der Waals surface area contributed by atoms with Crippen LogP contribution in [0.4, 0.5) is 48.3 Å². The highest BCUT2D eigenvalue weighted by atomic mass is 127. The van der Waals surface area contributed by atoms with Crippen LogP contribution in [-0.2, 0) is 0 Å². The van der Waals surface area contributed by atoms with E-state index < -0.39 is 53.4 Å². The van der Waals surface area contributed by atoms with Crippen molar-refractivity contribution in [1.82, 2.24) is 0 Å². The summed E-state index contributed by atoms with van der Waals surface area (Å²) in [5.74, 6) is -35.5. The zero-order valence-electron chi connectivity index (χ0n) is 12.6. The Morgan fingerprint density at radius 3 is 1.48 bits per heavy atom. The Morgan fingerprint density at radius 2 is 1.07 bits per heavy atom. The molecule has 0 aromatic heterocycles. The average molecular weight is 528 g/mol. The quantitative estimate of drug-likeness (QED) is 0.400. The van der Waals surface area contributed by atoms with E-state index in [0.29, 0.717) is 0 Å². The third kappa shape index (κ3) is 2.52. The minimum absolute atomic E-state index is 0.0301. The molecule has 1 N–H and O–H groups in total. The Bertz CT molecular complexity index is 704. The molecular formula is C14H8F11IO. The van der Waals surface area contributed by atoms with Crippen LogP contribution in [-0.4, -0.2) is 40.4 Å². The second kappa shape index (κ2) is 6.07. The van der Waals surface area contributed by atoms with Gasteiger partial charge in [0.05, 0.1) is 6.10 Å². The van der Waals surface area contributed by atoms with Crippen molar-refractivity contribution in [3.63, 3.8) is 0 Å². The molecule has 13 heteroatoms. The predicted octanol–water partition coefficient (Wildman–Crippen LogP) is 5.61. The molecular weight excluding hydrogens is 520 g/mol. The van der Waals surface area contributed by atoms with Crippen molar-refractivity contribution in [3.05, 3.63) is 33.4 Å². The maximum absolute atomic E-state index is 14.6. The van der Waals surface area contributed by atoms with Crippen molar-refractivity contribution in [1.29, 1.82) is 0 Å². The fourth-order valence-corrected chi connectivity index (χ4v) is 3.41. The lowest BCUT2D eigenvalue weighted by atomic mass is 9.69. The van der Waals surface area contributed by atoms with Gasteiger partial charge < -0.3 is 5.11 Å². The average Bonchev–Trinajstić information content (AvgIpc) is 2.53. The summed E-state index contributed by atoms with van der Waals surface area (Å²) in [5.41, 5.74) is -6.71. The zero-order valence-corrected chi connectivity index (χ0v) is 14.7. The number of hydrogen-bond donors (Lipinski definition) is 1. The molecule has 1 unspecified atom stereocenters. The van der Waals surface area contributed by atoms with E-state index in [1.54, 1.807) is 0 Å². The topological polar surface area (TPSA) is 20.2 Å². The van der Waals surface area contributed by atoms with Gasteiger partial charge in [0.2, 0.25) is 0 Å². The van der Waals surface area contributed by atoms with E-state index in [9.17, 15) is 53.4 Å². The van der Waals surface area contributed by atoms with Crippen LogP contribution in [0.1, 0.15) is 18.1 Å². The number of alkyl halides is 11. The number of aliphatic hydroxyl groups is 1. The predicted molar refractivity (Wildman–Crippen MR) is 77.3 cm³/mol. The van der Waals surface area contributed by atoms with Crippen LogP contribution in [0, 0.1) is 3.57 Å². The summed E-state index contributed by atoms with van der Waals surface area (Å²) in [4.78, 5) is 0. The number of rotatable bonds is 3. The van der Waals surface area contributed by atoms with Crippen LogP contribution in [0.5, 0.6) is 0 Å². The van der Waals surface area contributed by atoms with Gasteiger partial charge >= 0.3 is 29.6 Å². The molecule has 1 aliphatic carbocycles. The molecule has 1 fully saturated rings. The highest BCUT2D eigenvalue weighted by Gasteiger charge is 3.00. The fourth-order valence-electron chi connectivity index (χ4n) is 2.66. The Hall–Kier alpha value is -0.860. The summed E-state index contributed by atoms with van der Waals surface area (Å²) in [7, 11) is 0. The van der Waals surface area contributed by atoms with Crippen LogP contribution in [0.3, 0.4) is 0 Å². The van der Waals surface area contributed by atoms with Gasteiger partial charge in [0.1, 0.15) is 0 Å². The molecule has 0 saturated heterocycles. The molecule has 0 spiro atoms. The molecule has 0 heterocycles. The number of benzene rings is 1. The molecule has 0 amide bonds. The second-order valence-electron chi connectivity index (χ2n) is 5.91. The van der Waals surface area contributed by atoms with Crippen molar-refractivity contribution in [2.45, 2.75) is 47.8 Å². The molecule has 1 nitrogen and oxygen atoms in total. The Morgan fingerprint density at radius 1 is 0.704 bits per heavy atom. The van der Waals surface area contributed by atoms with Crippen molar-refractivity contribution < 1.29 is 53.4 Å². The number of halogens is 12. The van der Waals surface area contributed by atoms with Crippen LogP contribution in [0.25, 0.3) is 0 Å². The standard InChI is InChI=1S/C14H8F11IO/c15-9(5-8(27)6-3-1-2-4-7(6)26)10(16,17)12(20,21)14(24,25)13(22,23)11(9,18)19/h1-4,8,27H,5H2. The highest BCUT2D eigenvalue weighted by Crippen LogP contribution is 2.70. The Labute approximate surface area is 157 Å². The first-order valence-electron chi connectivity index (χ1n) is 6.90. The number of aliphatic hydroxyl groups excluding tert-OH is 1. The Balaban J connectivity index is 2.66. The van der Waals surface area contributed by atoms with E-state index in [4.69, 9.17) is 0 Å². The van der Waals surface area contributed by atoms with Gasteiger partial charge in [-0.25, -0.2) is 4.39 Å². The summed E-state index contributed by atoms with van der Waals surface area (Å²) in [6.07, 6.45) is -5.38. The van der Waals surface area contributed by atoms with E-state index in [-0.39, 0.29) is 3.57 Å². The molecule has 1 aliphatic rings. The third-order valence-corrected chi connectivity index (χ3v) is 5.29. The minimum Gasteiger partial charge on any atom is -0.388 e. The van der Waals surface area contributed by atoms with E-state index in [0.717, 1.165) is 12.1 Å². The van der Waals surface area contributed by atoms with E-state index in [1.807, 2.05) is 0 Å². The van der Waals surface area contributed by atoms with Gasteiger partial charge in [-0.1, -0.05) is 18.2 Å². The van der Waals surface area contributed by atoms with Crippen LogP contribution in [0.15, 0.2) is 24.3 Å². The first-order chi connectivity index (χ1) is 11.9. The highest BCUT2D eigenvalue weighted by molar-refractivity contribution is 14.1. The van der Waals surface area contributed by atoms with Crippen LogP contribution in [0.2, 0.25) is 0 Å². The van der Waals surface area contributed by atoms with Gasteiger partial charge in [-0.2, -0.15) is 43.9 Å². The maximum Gasteiger partial charge on any atom is 0.384 e. The molecule has 0 aliphatic heterocycles. The van der Waals surface area contributed by atoms with Gasteiger partial charge in [0.25, 0.3) is 5.67 Å². The van der Waals surface area contributed by atoms with Gasteiger partial charge in [-0.15, -0.1) is 0 Å². The van der Waals surface area contributed by atoms with Crippen molar-refractivity contribution in [2.75, 3.05) is 0 Å². The second-order valence-corrected chi connectivity index (χ2v) is 7.08. The lowest BCUT2D eigenvalue weighted by molar-refractivity contribution is -0.487. The molecule has 1 atom stereocenters. The van der Waals surface area contributed by atoms with Crippen LogP contribution < -0.4 is 0 Å². The minimum atomic E-state index is -7.26. The smallest absolute Gasteiger partial charge is 0.384 e. The van der Waals surface area contributed by atoms with Crippen LogP contribution >= 0.6 is 22.6 Å². The molecule has 0 radical (unpaired) electrons. The summed E-state index contributed by atoms with van der Waals surface area (Å²) in [5, 5.41) is 9.77. The lowest BCUT2D eigenvalue weighted by Crippen LogP contribution is -2.83. The first kappa shape index (κ1) is 22.4. The largest absolute Gasteiger partial charge is 0.388 e. The molecule has 154 valence electrons. The fraction of sp³-hybridized carbons (Fsp3) is 0.571. The van der Waals surface area contributed by atoms with Gasteiger partial charge in [0.15, 0.2) is 0 Å². The van der Waals surface area contributed by atoms with Crippen molar-refractivity contribution >= 4 is 22.6 Å². The molecule has 27 heavy (non-hydrogen) atoms. The zero-order chi connectivity index (χ0) is 21.3. The number of hydrogen-bond acceptors (Lipinski definition) is 1. The lowest BCUT2D eigenvalue weighted by Gasteiger charge is -2.52. The summed E-state index contributed by atoms with van der Waals surface area (Å²) in [6, 6.07) is 4.52. The van der Waals surface area contributed by atoms with E-state index >= 15 is 0 Å². The first-order valence-corrected chi connectivity index (χ1v) is 7.98. The monoisotopic (exact) mass is 528 g/mol. The third-order valence-electron chi connectivity index (χ3n) is 4.31. The van der Waals surface area contributed by atoms with Crippen molar-refractivity contribution in [2.24, 2.45) is 0 Å². The molecule has 1 aromatic rings. The summed E-state index contributed by atoms with van der Waals surface area (Å²) >= 11 is 1.44. The van der Waals surface area contributed by atoms with Crippen molar-refractivity contribution in [3.8, 4) is 0 Å². The SMILES string of the molecule is OC(CC1(F)C(F)(F)C(F)(F)C(F)(F)C(F)(F)C1(F)F)c1ccccc1I. The summed E-state index contributed by atoms with van der Waals surface area (Å²) in [6.45, 7) is 0. The molecule has 1 aromatic carbocycles. The summed E-state index contributed by atoms with van der Waals surface area (Å²) < 4.78 is 150. The molecule has 0 bridgehead atoms. The van der Waals surface area contributed by atoms with E-state index in [2.05, 4.69) is 0 Å².